The SMILES string of the molecule is Nc1nc2ccc(Cn3cnc4cccnc43)cc2o1. The molecule has 0 aliphatic heterocycles. The molecule has 3 heterocycles. The summed E-state index contributed by atoms with van der Waals surface area (Å²) in [5.74, 6) is 0. The van der Waals surface area contributed by atoms with Crippen LogP contribution in [-0.4, -0.2) is 19.5 Å². The second kappa shape index (κ2) is 4.06. The van der Waals surface area contributed by atoms with E-state index in [1.54, 1.807) is 12.5 Å². The summed E-state index contributed by atoms with van der Waals surface area (Å²) >= 11 is 0. The number of fused-ring (bicyclic) bond motifs is 2. The first-order valence-electron chi connectivity index (χ1n) is 6.20. The van der Waals surface area contributed by atoms with Crippen LogP contribution in [-0.2, 0) is 6.54 Å². The summed E-state index contributed by atoms with van der Waals surface area (Å²) in [6.45, 7) is 0.671. The van der Waals surface area contributed by atoms with Crippen molar-refractivity contribution >= 4 is 28.3 Å². The van der Waals surface area contributed by atoms with Gasteiger partial charge in [-0.15, -0.1) is 0 Å². The van der Waals surface area contributed by atoms with E-state index < -0.39 is 0 Å². The van der Waals surface area contributed by atoms with Crippen LogP contribution in [0, 0.1) is 0 Å². The second-order valence-electron chi connectivity index (χ2n) is 4.57. The maximum atomic E-state index is 5.55. The van der Waals surface area contributed by atoms with Crippen molar-refractivity contribution in [1.82, 2.24) is 19.5 Å². The number of hydrogen-bond donors (Lipinski definition) is 1. The molecular weight excluding hydrogens is 254 g/mol. The van der Waals surface area contributed by atoms with E-state index >= 15 is 0 Å². The number of anilines is 1. The minimum Gasteiger partial charge on any atom is -0.424 e. The number of aromatic nitrogens is 4. The molecule has 0 unspecified atom stereocenters. The van der Waals surface area contributed by atoms with Gasteiger partial charge in [0.2, 0.25) is 0 Å². The molecule has 0 atom stereocenters. The number of hydrogen-bond acceptors (Lipinski definition) is 5. The Morgan fingerprint density at radius 3 is 3.05 bits per heavy atom. The molecule has 20 heavy (non-hydrogen) atoms. The highest BCUT2D eigenvalue weighted by Crippen LogP contribution is 2.19. The molecule has 0 aliphatic rings. The largest absolute Gasteiger partial charge is 0.424 e. The molecule has 6 heteroatoms. The first kappa shape index (κ1) is 11.0. The van der Waals surface area contributed by atoms with Crippen LogP contribution in [0.2, 0.25) is 0 Å². The zero-order valence-corrected chi connectivity index (χ0v) is 10.5. The standard InChI is InChI=1S/C14H11N5O/c15-14-18-10-4-3-9(6-12(10)20-14)7-19-8-17-11-2-1-5-16-13(11)19/h1-6,8H,7H2,(H2,15,18). The molecule has 0 spiro atoms. The van der Waals surface area contributed by atoms with Gasteiger partial charge in [0.05, 0.1) is 12.9 Å². The minimum atomic E-state index is 0.187. The Labute approximate surface area is 113 Å². The summed E-state index contributed by atoms with van der Waals surface area (Å²) in [5.41, 5.74) is 9.84. The van der Waals surface area contributed by atoms with Gasteiger partial charge in [0.1, 0.15) is 11.0 Å². The number of pyridine rings is 1. The topological polar surface area (TPSA) is 82.8 Å². The Morgan fingerprint density at radius 1 is 1.15 bits per heavy atom. The molecule has 1 aromatic carbocycles. The average Bonchev–Trinajstić information content (AvgIpc) is 3.02. The molecule has 3 aromatic heterocycles. The molecule has 0 aliphatic carbocycles. The number of imidazole rings is 1. The third-order valence-electron chi connectivity index (χ3n) is 3.20. The zero-order chi connectivity index (χ0) is 13.5. The molecule has 0 bridgehead atoms. The smallest absolute Gasteiger partial charge is 0.292 e. The lowest BCUT2D eigenvalue weighted by atomic mass is 10.2. The second-order valence-corrected chi connectivity index (χ2v) is 4.57. The third-order valence-corrected chi connectivity index (χ3v) is 3.20. The van der Waals surface area contributed by atoms with E-state index in [0.29, 0.717) is 12.1 Å². The quantitative estimate of drug-likeness (QED) is 0.600. The van der Waals surface area contributed by atoms with Crippen LogP contribution in [0.1, 0.15) is 5.56 Å². The van der Waals surface area contributed by atoms with E-state index in [-0.39, 0.29) is 6.01 Å². The van der Waals surface area contributed by atoms with Crippen molar-refractivity contribution in [1.29, 1.82) is 0 Å². The Kier molecular flexibility index (Phi) is 2.23. The fourth-order valence-corrected chi connectivity index (χ4v) is 2.29. The molecule has 0 saturated heterocycles. The van der Waals surface area contributed by atoms with Crippen molar-refractivity contribution in [2.45, 2.75) is 6.54 Å². The lowest BCUT2D eigenvalue weighted by Crippen LogP contribution is -1.98. The van der Waals surface area contributed by atoms with Crippen molar-refractivity contribution in [3.05, 3.63) is 48.4 Å². The molecule has 0 amide bonds. The van der Waals surface area contributed by atoms with E-state index in [9.17, 15) is 0 Å². The number of oxazole rings is 1. The predicted octanol–water partition coefficient (Wildman–Crippen LogP) is 2.20. The highest BCUT2D eigenvalue weighted by Gasteiger charge is 2.07. The summed E-state index contributed by atoms with van der Waals surface area (Å²) in [6, 6.07) is 9.85. The molecule has 4 aromatic rings. The molecule has 2 N–H and O–H groups in total. The number of nitrogens with zero attached hydrogens (tertiary/aromatic N) is 4. The van der Waals surface area contributed by atoms with E-state index in [2.05, 4.69) is 15.0 Å². The van der Waals surface area contributed by atoms with Crippen LogP contribution in [0.3, 0.4) is 0 Å². The van der Waals surface area contributed by atoms with E-state index in [1.807, 2.05) is 34.9 Å². The Bertz CT molecular complexity index is 908. The summed E-state index contributed by atoms with van der Waals surface area (Å²) in [4.78, 5) is 12.8. The number of rotatable bonds is 2. The Balaban J connectivity index is 1.76. The summed E-state index contributed by atoms with van der Waals surface area (Å²) in [5, 5.41) is 0. The average molecular weight is 265 g/mol. The van der Waals surface area contributed by atoms with Crippen molar-refractivity contribution in [2.75, 3.05) is 5.73 Å². The van der Waals surface area contributed by atoms with E-state index in [1.165, 1.54) is 0 Å². The van der Waals surface area contributed by atoms with Gasteiger partial charge in [-0.25, -0.2) is 9.97 Å². The molecule has 98 valence electrons. The van der Waals surface area contributed by atoms with Crippen molar-refractivity contribution in [3.8, 4) is 0 Å². The van der Waals surface area contributed by atoms with Gasteiger partial charge in [-0.2, -0.15) is 4.98 Å². The maximum absolute atomic E-state index is 5.55. The van der Waals surface area contributed by atoms with Crippen LogP contribution in [0.4, 0.5) is 6.01 Å². The first-order valence-corrected chi connectivity index (χ1v) is 6.20. The highest BCUT2D eigenvalue weighted by atomic mass is 16.4. The molecule has 4 rings (SSSR count). The first-order chi connectivity index (χ1) is 9.79. The van der Waals surface area contributed by atoms with Crippen LogP contribution in [0.15, 0.2) is 47.3 Å². The zero-order valence-electron chi connectivity index (χ0n) is 10.5. The fourth-order valence-electron chi connectivity index (χ4n) is 2.29. The molecule has 0 radical (unpaired) electrons. The Hall–Kier alpha value is -2.89. The monoisotopic (exact) mass is 265 g/mol. The van der Waals surface area contributed by atoms with Gasteiger partial charge in [-0.3, -0.25) is 0 Å². The van der Waals surface area contributed by atoms with Gasteiger partial charge in [0, 0.05) is 6.20 Å². The predicted molar refractivity (Wildman–Crippen MR) is 75.1 cm³/mol. The van der Waals surface area contributed by atoms with Gasteiger partial charge in [-0.05, 0) is 29.8 Å². The number of benzene rings is 1. The Morgan fingerprint density at radius 2 is 2.10 bits per heavy atom. The van der Waals surface area contributed by atoms with Crippen LogP contribution in [0.25, 0.3) is 22.3 Å². The van der Waals surface area contributed by atoms with Gasteiger partial charge in [0.25, 0.3) is 6.01 Å². The van der Waals surface area contributed by atoms with Crippen LogP contribution < -0.4 is 5.73 Å². The molecule has 6 nitrogen and oxygen atoms in total. The third kappa shape index (κ3) is 1.70. The highest BCUT2D eigenvalue weighted by molar-refractivity contribution is 5.75. The van der Waals surface area contributed by atoms with Gasteiger partial charge in [0.15, 0.2) is 11.2 Å². The molecule has 0 fully saturated rings. The van der Waals surface area contributed by atoms with Gasteiger partial charge in [-0.1, -0.05) is 6.07 Å². The van der Waals surface area contributed by atoms with E-state index in [0.717, 1.165) is 22.2 Å². The molecular formula is C14H11N5O. The fraction of sp³-hybridized carbons (Fsp3) is 0.0714. The van der Waals surface area contributed by atoms with Crippen LogP contribution >= 0.6 is 0 Å². The van der Waals surface area contributed by atoms with Crippen LogP contribution in [0.5, 0.6) is 0 Å². The number of nitrogens with two attached hydrogens (primary N) is 1. The van der Waals surface area contributed by atoms with Gasteiger partial charge < -0.3 is 14.7 Å². The van der Waals surface area contributed by atoms with E-state index in [4.69, 9.17) is 10.2 Å². The lowest BCUT2D eigenvalue weighted by Gasteiger charge is -2.03. The minimum absolute atomic E-state index is 0.187. The summed E-state index contributed by atoms with van der Waals surface area (Å²) < 4.78 is 7.34. The van der Waals surface area contributed by atoms with Crippen molar-refractivity contribution in [3.63, 3.8) is 0 Å². The molecule has 0 saturated carbocycles. The lowest BCUT2D eigenvalue weighted by molar-refractivity contribution is 0.625. The number of nitrogen functional groups attached to an aromatic ring is 1. The van der Waals surface area contributed by atoms with Crippen molar-refractivity contribution < 1.29 is 4.42 Å². The normalized spacial score (nSPS) is 11.4. The summed E-state index contributed by atoms with van der Waals surface area (Å²) in [6.07, 6.45) is 3.55. The maximum Gasteiger partial charge on any atom is 0.292 e. The summed E-state index contributed by atoms with van der Waals surface area (Å²) in [7, 11) is 0. The van der Waals surface area contributed by atoms with Crippen molar-refractivity contribution in [2.24, 2.45) is 0 Å². The van der Waals surface area contributed by atoms with Gasteiger partial charge >= 0.3 is 0 Å².